The smallest absolute Gasteiger partial charge is 0.00330 e. The maximum absolute atomic E-state index is 3.54. The van der Waals surface area contributed by atoms with Gasteiger partial charge in [-0.05, 0) is 49.7 Å². The van der Waals surface area contributed by atoms with Crippen molar-refractivity contribution >= 4 is 0 Å². The number of hydrogen-bond acceptors (Lipinski definition) is 2. The predicted molar refractivity (Wildman–Crippen MR) is 76.3 cm³/mol. The Bertz CT molecular complexity index is 222. The van der Waals surface area contributed by atoms with Gasteiger partial charge in [0, 0.05) is 13.1 Å². The van der Waals surface area contributed by atoms with Gasteiger partial charge in [0.1, 0.15) is 0 Å². The van der Waals surface area contributed by atoms with Crippen molar-refractivity contribution in [1.29, 1.82) is 0 Å². The van der Waals surface area contributed by atoms with Crippen LogP contribution in [0.15, 0.2) is 0 Å². The Morgan fingerprint density at radius 2 is 1.76 bits per heavy atom. The van der Waals surface area contributed by atoms with E-state index < -0.39 is 0 Å². The lowest BCUT2D eigenvalue weighted by Crippen LogP contribution is -2.45. The van der Waals surface area contributed by atoms with Gasteiger partial charge in [-0.2, -0.15) is 0 Å². The number of hydrogen-bond donors (Lipinski definition) is 1. The van der Waals surface area contributed by atoms with Crippen molar-refractivity contribution in [1.82, 2.24) is 10.2 Å². The van der Waals surface area contributed by atoms with Gasteiger partial charge in [0.05, 0.1) is 0 Å². The minimum absolute atomic E-state index is 0.398. The van der Waals surface area contributed by atoms with Crippen molar-refractivity contribution in [3.05, 3.63) is 0 Å². The van der Waals surface area contributed by atoms with Gasteiger partial charge in [0.2, 0.25) is 0 Å². The zero-order valence-corrected chi connectivity index (χ0v) is 12.8. The molecule has 0 saturated carbocycles. The molecule has 1 N–H and O–H groups in total. The average molecular weight is 240 g/mol. The van der Waals surface area contributed by atoms with Crippen molar-refractivity contribution in [2.75, 3.05) is 33.2 Å². The first kappa shape index (κ1) is 15.0. The summed E-state index contributed by atoms with van der Waals surface area (Å²) in [5, 5.41) is 3.54. The third-order valence-electron chi connectivity index (χ3n) is 3.82. The lowest BCUT2D eigenvalue weighted by Gasteiger charge is -2.41. The van der Waals surface area contributed by atoms with Crippen LogP contribution >= 0.6 is 0 Å². The molecule has 0 bridgehead atoms. The monoisotopic (exact) mass is 240 g/mol. The van der Waals surface area contributed by atoms with Crippen LogP contribution in [0.25, 0.3) is 0 Å². The van der Waals surface area contributed by atoms with E-state index in [2.05, 4.69) is 51.9 Å². The summed E-state index contributed by atoms with van der Waals surface area (Å²) in [5.41, 5.74) is 0.822. The average Bonchev–Trinajstić information content (AvgIpc) is 2.15. The van der Waals surface area contributed by atoms with Gasteiger partial charge in [-0.25, -0.2) is 0 Å². The van der Waals surface area contributed by atoms with Crippen LogP contribution in [0.4, 0.5) is 0 Å². The molecule has 2 heteroatoms. The summed E-state index contributed by atoms with van der Waals surface area (Å²) >= 11 is 0. The summed E-state index contributed by atoms with van der Waals surface area (Å²) in [6.45, 7) is 16.6. The number of piperidine rings is 1. The van der Waals surface area contributed by atoms with Gasteiger partial charge in [-0.3, -0.25) is 0 Å². The van der Waals surface area contributed by atoms with Crippen LogP contribution < -0.4 is 5.32 Å². The molecule has 0 spiro atoms. The van der Waals surface area contributed by atoms with Crippen LogP contribution in [-0.2, 0) is 0 Å². The Morgan fingerprint density at radius 3 is 2.24 bits per heavy atom. The summed E-state index contributed by atoms with van der Waals surface area (Å²) in [6, 6.07) is 0. The fourth-order valence-electron chi connectivity index (χ4n) is 3.21. The number of nitrogens with one attached hydrogen (secondary N) is 1. The third-order valence-corrected chi connectivity index (χ3v) is 3.82. The van der Waals surface area contributed by atoms with E-state index in [0.29, 0.717) is 10.8 Å². The van der Waals surface area contributed by atoms with E-state index in [-0.39, 0.29) is 0 Å². The Kier molecular flexibility index (Phi) is 5.03. The van der Waals surface area contributed by atoms with Crippen LogP contribution in [0.2, 0.25) is 0 Å². The lowest BCUT2D eigenvalue weighted by atomic mass is 9.74. The van der Waals surface area contributed by atoms with Gasteiger partial charge in [-0.1, -0.05) is 34.6 Å². The van der Waals surface area contributed by atoms with Crippen LogP contribution in [-0.4, -0.2) is 38.1 Å². The van der Waals surface area contributed by atoms with Crippen LogP contribution in [0.1, 0.15) is 47.5 Å². The Hall–Kier alpha value is -0.0800. The molecule has 0 aromatic heterocycles. The second-order valence-corrected chi connectivity index (χ2v) is 7.76. The highest BCUT2D eigenvalue weighted by atomic mass is 15.1. The van der Waals surface area contributed by atoms with Gasteiger partial charge in [0.25, 0.3) is 0 Å². The molecule has 1 saturated heterocycles. The topological polar surface area (TPSA) is 15.3 Å². The molecular formula is C15H32N2. The molecular weight excluding hydrogens is 208 g/mol. The highest BCUT2D eigenvalue weighted by molar-refractivity contribution is 4.85. The number of rotatable bonds is 4. The largest absolute Gasteiger partial charge is 0.316 e. The molecule has 1 atom stereocenters. The standard InChI is InChI=1S/C15H32N2/c1-14(2,3)11-17(6)12-15(4,5)13-8-7-9-16-10-13/h13,16H,7-12H2,1-6H3. The molecule has 0 amide bonds. The minimum atomic E-state index is 0.398. The molecule has 2 nitrogen and oxygen atoms in total. The summed E-state index contributed by atoms with van der Waals surface area (Å²) < 4.78 is 0. The van der Waals surface area contributed by atoms with Crippen molar-refractivity contribution in [3.8, 4) is 0 Å². The normalized spacial score (nSPS) is 23.1. The molecule has 0 aromatic carbocycles. The summed E-state index contributed by atoms with van der Waals surface area (Å²) in [5.74, 6) is 0.832. The second-order valence-electron chi connectivity index (χ2n) is 7.76. The third kappa shape index (κ3) is 5.39. The highest BCUT2D eigenvalue weighted by Crippen LogP contribution is 2.32. The molecule has 1 rings (SSSR count). The Balaban J connectivity index is 2.47. The first-order valence-electron chi connectivity index (χ1n) is 7.10. The summed E-state index contributed by atoms with van der Waals surface area (Å²) in [4.78, 5) is 2.51. The second kappa shape index (κ2) is 5.71. The van der Waals surface area contributed by atoms with Crippen molar-refractivity contribution in [3.63, 3.8) is 0 Å². The molecule has 1 fully saturated rings. The van der Waals surface area contributed by atoms with E-state index in [4.69, 9.17) is 0 Å². The van der Waals surface area contributed by atoms with E-state index >= 15 is 0 Å². The first-order chi connectivity index (χ1) is 7.71. The molecule has 0 radical (unpaired) electrons. The zero-order valence-electron chi connectivity index (χ0n) is 12.8. The summed E-state index contributed by atoms with van der Waals surface area (Å²) in [6.07, 6.45) is 2.74. The molecule has 0 aromatic rings. The van der Waals surface area contributed by atoms with E-state index in [0.717, 1.165) is 5.92 Å². The fourth-order valence-corrected chi connectivity index (χ4v) is 3.21. The lowest BCUT2D eigenvalue weighted by molar-refractivity contribution is 0.0961. The minimum Gasteiger partial charge on any atom is -0.316 e. The van der Waals surface area contributed by atoms with E-state index in [1.54, 1.807) is 0 Å². The maximum Gasteiger partial charge on any atom is 0.00330 e. The predicted octanol–water partition coefficient (Wildman–Crippen LogP) is 2.99. The molecule has 1 aliphatic rings. The van der Waals surface area contributed by atoms with Gasteiger partial charge < -0.3 is 10.2 Å². The van der Waals surface area contributed by atoms with Crippen molar-refractivity contribution < 1.29 is 0 Å². The molecule has 1 aliphatic heterocycles. The highest BCUT2D eigenvalue weighted by Gasteiger charge is 2.32. The fraction of sp³-hybridized carbons (Fsp3) is 1.00. The van der Waals surface area contributed by atoms with E-state index in [1.807, 2.05) is 0 Å². The van der Waals surface area contributed by atoms with Crippen LogP contribution in [0, 0.1) is 16.7 Å². The number of nitrogens with zero attached hydrogens (tertiary/aromatic N) is 1. The van der Waals surface area contributed by atoms with Gasteiger partial charge in [-0.15, -0.1) is 0 Å². The molecule has 1 heterocycles. The Labute approximate surface area is 108 Å². The van der Waals surface area contributed by atoms with Gasteiger partial charge in [0.15, 0.2) is 0 Å². The quantitative estimate of drug-likeness (QED) is 0.812. The van der Waals surface area contributed by atoms with Crippen molar-refractivity contribution in [2.45, 2.75) is 47.5 Å². The van der Waals surface area contributed by atoms with Gasteiger partial charge >= 0.3 is 0 Å². The molecule has 1 unspecified atom stereocenters. The van der Waals surface area contributed by atoms with E-state index in [1.165, 1.54) is 39.0 Å². The van der Waals surface area contributed by atoms with Crippen molar-refractivity contribution in [2.24, 2.45) is 16.7 Å². The molecule has 102 valence electrons. The molecule has 17 heavy (non-hydrogen) atoms. The first-order valence-corrected chi connectivity index (χ1v) is 7.10. The zero-order chi connectivity index (χ0) is 13.1. The Morgan fingerprint density at radius 1 is 1.12 bits per heavy atom. The van der Waals surface area contributed by atoms with Crippen LogP contribution in [0.3, 0.4) is 0 Å². The van der Waals surface area contributed by atoms with Crippen LogP contribution in [0.5, 0.6) is 0 Å². The maximum atomic E-state index is 3.54. The summed E-state index contributed by atoms with van der Waals surface area (Å²) in [7, 11) is 2.27. The molecule has 0 aliphatic carbocycles. The SMILES string of the molecule is CN(CC(C)(C)C)CC(C)(C)C1CCCNC1. The van der Waals surface area contributed by atoms with E-state index in [9.17, 15) is 0 Å².